The first-order valence-corrected chi connectivity index (χ1v) is 8.41. The van der Waals surface area contributed by atoms with Crippen molar-refractivity contribution in [2.45, 2.75) is 6.04 Å². The zero-order valence-electron chi connectivity index (χ0n) is 13.6. The second kappa shape index (κ2) is 8.64. The zero-order chi connectivity index (χ0) is 17.1. The molecule has 6 nitrogen and oxygen atoms in total. The van der Waals surface area contributed by atoms with Crippen molar-refractivity contribution in [3.8, 4) is 5.75 Å². The number of halogens is 3. The summed E-state index contributed by atoms with van der Waals surface area (Å²) in [6, 6.07) is 4.32. The van der Waals surface area contributed by atoms with Gasteiger partial charge in [0.05, 0.1) is 0 Å². The fourth-order valence-electron chi connectivity index (χ4n) is 2.75. The monoisotopic (exact) mass is 432 g/mol. The highest BCUT2D eigenvalue weighted by atomic mass is 79.9. The van der Waals surface area contributed by atoms with Crippen LogP contribution in [0.4, 0.5) is 4.39 Å². The number of rotatable bonds is 4. The van der Waals surface area contributed by atoms with E-state index in [0.29, 0.717) is 24.1 Å². The summed E-state index contributed by atoms with van der Waals surface area (Å²) in [6.45, 7) is 1.69. The van der Waals surface area contributed by atoms with Crippen LogP contribution in [0.25, 0.3) is 0 Å². The molecule has 1 aliphatic rings. The standard InChI is InChI=1S/C16H18BrFN4O2.ClH/c1-21-6-5-20-16(21)13-9-19-4-7-22(13)15(23)10-24-14-3-2-11(17)8-12(14)18;/h2-3,5-6,8,13,19H,4,7,9-10H2,1H3;1H. The maximum Gasteiger partial charge on any atom is 0.261 e. The lowest BCUT2D eigenvalue weighted by atomic mass is 10.1. The molecule has 0 radical (unpaired) electrons. The van der Waals surface area contributed by atoms with Crippen LogP contribution in [-0.4, -0.2) is 46.6 Å². The van der Waals surface area contributed by atoms with E-state index >= 15 is 0 Å². The van der Waals surface area contributed by atoms with Gasteiger partial charge >= 0.3 is 0 Å². The number of nitrogens with one attached hydrogen (secondary N) is 1. The number of carbonyl (C=O) groups excluding carboxylic acids is 1. The quantitative estimate of drug-likeness (QED) is 0.804. The fraction of sp³-hybridized carbons (Fsp3) is 0.375. The van der Waals surface area contributed by atoms with E-state index < -0.39 is 5.82 Å². The largest absolute Gasteiger partial charge is 0.481 e. The molecule has 1 aromatic heterocycles. The molecule has 2 heterocycles. The van der Waals surface area contributed by atoms with Crippen LogP contribution >= 0.6 is 28.3 Å². The van der Waals surface area contributed by atoms with E-state index in [0.717, 1.165) is 5.82 Å². The van der Waals surface area contributed by atoms with E-state index in [-0.39, 0.29) is 36.7 Å². The van der Waals surface area contributed by atoms with Crippen molar-refractivity contribution in [2.24, 2.45) is 7.05 Å². The van der Waals surface area contributed by atoms with Crippen LogP contribution in [0.15, 0.2) is 35.1 Å². The van der Waals surface area contributed by atoms with Gasteiger partial charge in [-0.1, -0.05) is 15.9 Å². The Balaban J connectivity index is 0.00000225. The second-order valence-electron chi connectivity index (χ2n) is 5.57. The molecule has 1 saturated heterocycles. The molecule has 3 rings (SSSR count). The van der Waals surface area contributed by atoms with Gasteiger partial charge in [-0.15, -0.1) is 12.4 Å². The van der Waals surface area contributed by atoms with Crippen molar-refractivity contribution >= 4 is 34.2 Å². The fourth-order valence-corrected chi connectivity index (χ4v) is 3.08. The summed E-state index contributed by atoms with van der Waals surface area (Å²) in [5.74, 6) is 0.186. The summed E-state index contributed by atoms with van der Waals surface area (Å²) < 4.78 is 21.7. The van der Waals surface area contributed by atoms with Gasteiger partial charge in [0, 0.05) is 43.5 Å². The Morgan fingerprint density at radius 3 is 3.00 bits per heavy atom. The number of benzene rings is 1. The molecule has 1 unspecified atom stereocenters. The maximum atomic E-state index is 13.8. The maximum absolute atomic E-state index is 13.8. The van der Waals surface area contributed by atoms with Crippen molar-refractivity contribution < 1.29 is 13.9 Å². The summed E-state index contributed by atoms with van der Waals surface area (Å²) in [5, 5.41) is 3.27. The first-order chi connectivity index (χ1) is 11.6. The molecule has 1 amide bonds. The Hall–Kier alpha value is -1.64. The topological polar surface area (TPSA) is 59.4 Å². The number of carbonyl (C=O) groups is 1. The minimum Gasteiger partial charge on any atom is -0.481 e. The first kappa shape index (κ1) is 19.7. The van der Waals surface area contributed by atoms with Crippen LogP contribution in [0.5, 0.6) is 5.75 Å². The summed E-state index contributed by atoms with van der Waals surface area (Å²) in [7, 11) is 1.90. The molecule has 1 aliphatic heterocycles. The van der Waals surface area contributed by atoms with Crippen molar-refractivity contribution in [1.29, 1.82) is 0 Å². The summed E-state index contributed by atoms with van der Waals surface area (Å²) in [5.41, 5.74) is 0. The van der Waals surface area contributed by atoms with Gasteiger partial charge in [-0.2, -0.15) is 0 Å². The average Bonchev–Trinajstić information content (AvgIpc) is 2.99. The van der Waals surface area contributed by atoms with Gasteiger partial charge in [-0.05, 0) is 18.2 Å². The third kappa shape index (κ3) is 4.50. The predicted molar refractivity (Wildman–Crippen MR) is 97.4 cm³/mol. The minimum absolute atomic E-state index is 0. The van der Waals surface area contributed by atoms with Crippen LogP contribution in [0.1, 0.15) is 11.9 Å². The van der Waals surface area contributed by atoms with E-state index in [2.05, 4.69) is 26.2 Å². The number of aromatic nitrogens is 2. The molecule has 9 heteroatoms. The van der Waals surface area contributed by atoms with Gasteiger partial charge in [0.1, 0.15) is 11.9 Å². The predicted octanol–water partition coefficient (Wildman–Crippen LogP) is 2.30. The van der Waals surface area contributed by atoms with Crippen LogP contribution < -0.4 is 10.1 Å². The van der Waals surface area contributed by atoms with Gasteiger partial charge in [-0.25, -0.2) is 9.37 Å². The van der Waals surface area contributed by atoms with Gasteiger partial charge < -0.3 is 19.5 Å². The first-order valence-electron chi connectivity index (χ1n) is 7.61. The van der Waals surface area contributed by atoms with Crippen molar-refractivity contribution in [1.82, 2.24) is 19.8 Å². The molecule has 1 atom stereocenters. The minimum atomic E-state index is -0.502. The van der Waals surface area contributed by atoms with Crippen molar-refractivity contribution in [2.75, 3.05) is 26.2 Å². The van der Waals surface area contributed by atoms with Crippen LogP contribution in [0, 0.1) is 5.82 Å². The van der Waals surface area contributed by atoms with Gasteiger partial charge in [-0.3, -0.25) is 4.79 Å². The molecular formula is C16H19BrClFN4O2. The third-order valence-electron chi connectivity index (χ3n) is 3.97. The van der Waals surface area contributed by atoms with E-state index in [1.165, 1.54) is 12.1 Å². The Bertz CT molecular complexity index is 743. The highest BCUT2D eigenvalue weighted by Crippen LogP contribution is 2.23. The molecule has 1 aromatic carbocycles. The van der Waals surface area contributed by atoms with E-state index in [1.807, 2.05) is 17.8 Å². The highest BCUT2D eigenvalue weighted by molar-refractivity contribution is 9.10. The SMILES string of the molecule is Cl.Cn1ccnc1C1CNCCN1C(=O)COc1ccc(Br)cc1F. The van der Waals surface area contributed by atoms with Crippen molar-refractivity contribution in [3.63, 3.8) is 0 Å². The Morgan fingerprint density at radius 2 is 2.32 bits per heavy atom. The Morgan fingerprint density at radius 1 is 1.52 bits per heavy atom. The van der Waals surface area contributed by atoms with Gasteiger partial charge in [0.2, 0.25) is 0 Å². The molecule has 0 bridgehead atoms. The Labute approximate surface area is 159 Å². The number of hydrogen-bond acceptors (Lipinski definition) is 4. The molecular weight excluding hydrogens is 415 g/mol. The van der Waals surface area contributed by atoms with Crippen LogP contribution in [-0.2, 0) is 11.8 Å². The summed E-state index contributed by atoms with van der Waals surface area (Å²) in [4.78, 5) is 18.6. The number of hydrogen-bond donors (Lipinski definition) is 1. The molecule has 0 aliphatic carbocycles. The second-order valence-corrected chi connectivity index (χ2v) is 6.48. The molecule has 2 aromatic rings. The number of amides is 1. The molecule has 136 valence electrons. The molecule has 0 saturated carbocycles. The van der Waals surface area contributed by atoms with Crippen LogP contribution in [0.2, 0.25) is 0 Å². The van der Waals surface area contributed by atoms with Gasteiger partial charge in [0.15, 0.2) is 18.2 Å². The normalized spacial score (nSPS) is 17.1. The number of ether oxygens (including phenoxy) is 1. The lowest BCUT2D eigenvalue weighted by Crippen LogP contribution is -2.50. The third-order valence-corrected chi connectivity index (χ3v) is 4.46. The van der Waals surface area contributed by atoms with E-state index in [9.17, 15) is 9.18 Å². The molecule has 0 spiro atoms. The zero-order valence-corrected chi connectivity index (χ0v) is 16.0. The Kier molecular flexibility index (Phi) is 6.80. The summed E-state index contributed by atoms with van der Waals surface area (Å²) >= 11 is 3.19. The highest BCUT2D eigenvalue weighted by Gasteiger charge is 2.30. The molecule has 1 fully saturated rings. The lowest BCUT2D eigenvalue weighted by molar-refractivity contribution is -0.137. The van der Waals surface area contributed by atoms with E-state index in [1.54, 1.807) is 17.2 Å². The van der Waals surface area contributed by atoms with Gasteiger partial charge in [0.25, 0.3) is 5.91 Å². The van der Waals surface area contributed by atoms with Crippen molar-refractivity contribution in [3.05, 3.63) is 46.7 Å². The number of aryl methyl sites for hydroxylation is 1. The van der Waals surface area contributed by atoms with E-state index in [4.69, 9.17) is 4.74 Å². The number of piperazine rings is 1. The molecule has 1 N–H and O–H groups in total. The molecule has 25 heavy (non-hydrogen) atoms. The number of imidazole rings is 1. The summed E-state index contributed by atoms with van der Waals surface area (Å²) in [6.07, 6.45) is 3.56. The lowest BCUT2D eigenvalue weighted by Gasteiger charge is -2.35. The number of nitrogens with zero attached hydrogens (tertiary/aromatic N) is 3. The average molecular weight is 434 g/mol. The smallest absolute Gasteiger partial charge is 0.261 e. The van der Waals surface area contributed by atoms with Crippen LogP contribution in [0.3, 0.4) is 0 Å².